The summed E-state index contributed by atoms with van der Waals surface area (Å²) < 4.78 is 0. The Labute approximate surface area is 111 Å². The fourth-order valence-corrected chi connectivity index (χ4v) is 2.88. The molecule has 0 aliphatic carbocycles. The van der Waals surface area contributed by atoms with E-state index in [1.54, 1.807) is 0 Å². The van der Waals surface area contributed by atoms with Gasteiger partial charge in [-0.15, -0.1) is 0 Å². The minimum absolute atomic E-state index is 0.156. The van der Waals surface area contributed by atoms with Crippen LogP contribution in [0, 0.1) is 0 Å². The molecule has 100 valence electrons. The van der Waals surface area contributed by atoms with Gasteiger partial charge in [0.05, 0.1) is 0 Å². The van der Waals surface area contributed by atoms with Crippen LogP contribution >= 0.6 is 0 Å². The Morgan fingerprint density at radius 2 is 2.00 bits per heavy atom. The van der Waals surface area contributed by atoms with Crippen molar-refractivity contribution in [1.29, 1.82) is 0 Å². The van der Waals surface area contributed by atoms with Crippen LogP contribution in [-0.4, -0.2) is 49.1 Å². The number of likely N-dealkylation sites (N-methyl/N-ethyl adjacent to an activating group) is 1. The lowest BCUT2D eigenvalue weighted by atomic mass is 9.97. The molecule has 3 nitrogen and oxygen atoms in total. The van der Waals surface area contributed by atoms with Crippen molar-refractivity contribution in [2.75, 3.05) is 33.7 Å². The van der Waals surface area contributed by atoms with Crippen LogP contribution < -0.4 is 5.73 Å². The van der Waals surface area contributed by atoms with Crippen LogP contribution in [0.2, 0.25) is 0 Å². The molecule has 0 spiro atoms. The topological polar surface area (TPSA) is 32.5 Å². The molecule has 1 saturated heterocycles. The minimum Gasteiger partial charge on any atom is -0.329 e. The van der Waals surface area contributed by atoms with E-state index in [0.717, 1.165) is 26.1 Å². The standard InChI is InChI=1S/C15H25N3/c1-13(14-7-5-4-6-8-14)18-10-9-15(11-16,12-18)17(2)3/h4-8,13H,9-12,16H2,1-3H3. The van der Waals surface area contributed by atoms with E-state index in [1.165, 1.54) is 5.56 Å². The van der Waals surface area contributed by atoms with E-state index in [9.17, 15) is 0 Å². The maximum absolute atomic E-state index is 6.00. The SMILES string of the molecule is CC(c1ccccc1)N1CCC(CN)(N(C)C)C1. The van der Waals surface area contributed by atoms with Crippen molar-refractivity contribution in [2.45, 2.75) is 24.9 Å². The third-order valence-electron chi connectivity index (χ3n) is 4.52. The lowest BCUT2D eigenvalue weighted by molar-refractivity contribution is 0.148. The second kappa shape index (κ2) is 5.39. The summed E-state index contributed by atoms with van der Waals surface area (Å²) in [5, 5.41) is 0. The Morgan fingerprint density at radius 1 is 1.33 bits per heavy atom. The Morgan fingerprint density at radius 3 is 2.50 bits per heavy atom. The summed E-state index contributed by atoms with van der Waals surface area (Å²) in [6, 6.07) is 11.2. The van der Waals surface area contributed by atoms with Gasteiger partial charge in [0.2, 0.25) is 0 Å². The van der Waals surface area contributed by atoms with Crippen LogP contribution in [0.3, 0.4) is 0 Å². The molecule has 0 radical (unpaired) electrons. The number of nitrogens with two attached hydrogens (primary N) is 1. The molecule has 1 aliphatic rings. The molecule has 3 heteroatoms. The molecule has 1 fully saturated rings. The van der Waals surface area contributed by atoms with E-state index in [-0.39, 0.29) is 5.54 Å². The zero-order valence-corrected chi connectivity index (χ0v) is 11.8. The van der Waals surface area contributed by atoms with Crippen molar-refractivity contribution in [2.24, 2.45) is 5.73 Å². The van der Waals surface area contributed by atoms with E-state index in [0.29, 0.717) is 6.04 Å². The molecular weight excluding hydrogens is 222 g/mol. The highest BCUT2D eigenvalue weighted by molar-refractivity contribution is 5.19. The van der Waals surface area contributed by atoms with Gasteiger partial charge in [-0.2, -0.15) is 0 Å². The summed E-state index contributed by atoms with van der Waals surface area (Å²) in [6.45, 7) is 5.22. The van der Waals surface area contributed by atoms with Gasteiger partial charge in [-0.3, -0.25) is 4.90 Å². The Hall–Kier alpha value is -0.900. The van der Waals surface area contributed by atoms with Gasteiger partial charge in [0.1, 0.15) is 0 Å². The second-order valence-corrected chi connectivity index (χ2v) is 5.63. The van der Waals surface area contributed by atoms with E-state index in [4.69, 9.17) is 5.73 Å². The van der Waals surface area contributed by atoms with Crippen LogP contribution in [0.25, 0.3) is 0 Å². The summed E-state index contributed by atoms with van der Waals surface area (Å²) in [6.07, 6.45) is 1.16. The van der Waals surface area contributed by atoms with Gasteiger partial charge in [-0.25, -0.2) is 0 Å². The van der Waals surface area contributed by atoms with Crippen LogP contribution in [0.15, 0.2) is 30.3 Å². The number of hydrogen-bond acceptors (Lipinski definition) is 3. The molecule has 1 heterocycles. The van der Waals surface area contributed by atoms with E-state index < -0.39 is 0 Å². The normalized spacial score (nSPS) is 26.7. The van der Waals surface area contributed by atoms with Crippen molar-refractivity contribution in [1.82, 2.24) is 9.80 Å². The molecule has 1 aromatic carbocycles. The number of nitrogens with zero attached hydrogens (tertiary/aromatic N) is 2. The summed E-state index contributed by atoms with van der Waals surface area (Å²) in [5.41, 5.74) is 7.55. The van der Waals surface area contributed by atoms with Crippen molar-refractivity contribution < 1.29 is 0 Å². The van der Waals surface area contributed by atoms with Gasteiger partial charge < -0.3 is 10.6 Å². The molecule has 0 aromatic heterocycles. The average Bonchev–Trinajstić information content (AvgIpc) is 2.84. The smallest absolute Gasteiger partial charge is 0.0465 e. The molecule has 0 saturated carbocycles. The van der Waals surface area contributed by atoms with Gasteiger partial charge in [0.25, 0.3) is 0 Å². The summed E-state index contributed by atoms with van der Waals surface area (Å²) in [5.74, 6) is 0. The molecular formula is C15H25N3. The summed E-state index contributed by atoms with van der Waals surface area (Å²) in [7, 11) is 4.28. The lowest BCUT2D eigenvalue weighted by Gasteiger charge is -2.36. The van der Waals surface area contributed by atoms with Crippen LogP contribution in [0.5, 0.6) is 0 Å². The fraction of sp³-hybridized carbons (Fsp3) is 0.600. The molecule has 18 heavy (non-hydrogen) atoms. The van der Waals surface area contributed by atoms with Gasteiger partial charge in [-0.1, -0.05) is 30.3 Å². The quantitative estimate of drug-likeness (QED) is 0.879. The number of benzene rings is 1. The van der Waals surface area contributed by atoms with Crippen LogP contribution in [0.1, 0.15) is 24.9 Å². The van der Waals surface area contributed by atoms with Crippen molar-refractivity contribution in [3.8, 4) is 0 Å². The molecule has 1 aromatic rings. The molecule has 1 aliphatic heterocycles. The second-order valence-electron chi connectivity index (χ2n) is 5.63. The molecule has 2 N–H and O–H groups in total. The monoisotopic (exact) mass is 247 g/mol. The third-order valence-corrected chi connectivity index (χ3v) is 4.52. The zero-order valence-electron chi connectivity index (χ0n) is 11.8. The zero-order chi connectivity index (χ0) is 13.2. The van der Waals surface area contributed by atoms with Gasteiger partial charge in [-0.05, 0) is 33.0 Å². The van der Waals surface area contributed by atoms with Gasteiger partial charge in [0, 0.05) is 31.2 Å². The molecule has 0 bridgehead atoms. The molecule has 2 rings (SSSR count). The van der Waals surface area contributed by atoms with Gasteiger partial charge >= 0.3 is 0 Å². The Balaban J connectivity index is 2.09. The van der Waals surface area contributed by atoms with Crippen LogP contribution in [-0.2, 0) is 0 Å². The first-order chi connectivity index (χ1) is 8.59. The maximum atomic E-state index is 6.00. The molecule has 2 unspecified atom stereocenters. The highest BCUT2D eigenvalue weighted by Crippen LogP contribution is 2.31. The first-order valence-electron chi connectivity index (χ1n) is 6.75. The fourth-order valence-electron chi connectivity index (χ4n) is 2.88. The number of rotatable bonds is 4. The van der Waals surface area contributed by atoms with E-state index in [2.05, 4.69) is 61.2 Å². The van der Waals surface area contributed by atoms with E-state index in [1.807, 2.05) is 0 Å². The third kappa shape index (κ3) is 2.44. The van der Waals surface area contributed by atoms with Crippen molar-refractivity contribution >= 4 is 0 Å². The minimum atomic E-state index is 0.156. The van der Waals surface area contributed by atoms with E-state index >= 15 is 0 Å². The Bertz CT molecular complexity index is 377. The predicted octanol–water partition coefficient (Wildman–Crippen LogP) is 1.71. The molecule has 0 amide bonds. The lowest BCUT2D eigenvalue weighted by Crippen LogP contribution is -2.52. The highest BCUT2D eigenvalue weighted by Gasteiger charge is 2.40. The van der Waals surface area contributed by atoms with Crippen LogP contribution in [0.4, 0.5) is 0 Å². The largest absolute Gasteiger partial charge is 0.329 e. The van der Waals surface area contributed by atoms with Gasteiger partial charge in [0.15, 0.2) is 0 Å². The highest BCUT2D eigenvalue weighted by atomic mass is 15.3. The average molecular weight is 247 g/mol. The predicted molar refractivity (Wildman–Crippen MR) is 76.5 cm³/mol. The first kappa shape index (κ1) is 13.5. The Kier molecular flexibility index (Phi) is 4.05. The summed E-state index contributed by atoms with van der Waals surface area (Å²) in [4.78, 5) is 4.84. The number of hydrogen-bond donors (Lipinski definition) is 1. The number of likely N-dealkylation sites (tertiary alicyclic amines) is 1. The molecule has 2 atom stereocenters. The first-order valence-corrected chi connectivity index (χ1v) is 6.75. The van der Waals surface area contributed by atoms with Crippen molar-refractivity contribution in [3.05, 3.63) is 35.9 Å². The van der Waals surface area contributed by atoms with Crippen molar-refractivity contribution in [3.63, 3.8) is 0 Å². The maximum Gasteiger partial charge on any atom is 0.0465 e. The summed E-state index contributed by atoms with van der Waals surface area (Å²) >= 11 is 0.